The number of imidazole rings is 1. The van der Waals surface area contributed by atoms with Crippen LogP contribution in [0.15, 0.2) is 36.9 Å². The number of nitrogens with one attached hydrogen (secondary N) is 2. The Kier molecular flexibility index (Phi) is 7.02. The Morgan fingerprint density at radius 2 is 2.12 bits per heavy atom. The number of nitrogens with zero attached hydrogens (tertiary/aromatic N) is 3. The Bertz CT molecular complexity index is 728. The number of benzene rings is 1. The normalized spacial score (nSPS) is 10.3. The molecule has 0 atom stereocenters. The molecule has 2 rings (SSSR count). The Labute approximate surface area is 153 Å². The van der Waals surface area contributed by atoms with Gasteiger partial charge < -0.3 is 24.8 Å². The first-order chi connectivity index (χ1) is 12.5. The zero-order valence-electron chi connectivity index (χ0n) is 15.4. The van der Waals surface area contributed by atoms with Crippen molar-refractivity contribution in [2.24, 2.45) is 0 Å². The standard InChI is InChI=1S/C18H25N5O3/c1-14-5-6-15(16(11-14)26-12-17(24)22(2)3)21-18(25)20-7-4-9-23-10-8-19-13-23/h5-6,8,10-11,13H,4,7,9,12H2,1-3H3,(H2,20,21,25). The number of amides is 3. The smallest absolute Gasteiger partial charge is 0.319 e. The predicted molar refractivity (Wildman–Crippen MR) is 99.2 cm³/mol. The van der Waals surface area contributed by atoms with Gasteiger partial charge >= 0.3 is 6.03 Å². The summed E-state index contributed by atoms with van der Waals surface area (Å²) in [6, 6.07) is 5.10. The third kappa shape index (κ3) is 6.12. The maximum absolute atomic E-state index is 12.1. The van der Waals surface area contributed by atoms with Crippen molar-refractivity contribution in [2.45, 2.75) is 19.9 Å². The van der Waals surface area contributed by atoms with Crippen molar-refractivity contribution < 1.29 is 14.3 Å². The minimum Gasteiger partial charge on any atom is -0.482 e. The zero-order valence-corrected chi connectivity index (χ0v) is 15.4. The van der Waals surface area contributed by atoms with Gasteiger partial charge in [-0.2, -0.15) is 0 Å². The van der Waals surface area contributed by atoms with E-state index in [0.717, 1.165) is 18.5 Å². The van der Waals surface area contributed by atoms with Gasteiger partial charge in [0.2, 0.25) is 0 Å². The van der Waals surface area contributed by atoms with Crippen molar-refractivity contribution >= 4 is 17.6 Å². The zero-order chi connectivity index (χ0) is 18.9. The van der Waals surface area contributed by atoms with Gasteiger partial charge in [0, 0.05) is 39.6 Å². The molecule has 0 aliphatic carbocycles. The lowest BCUT2D eigenvalue weighted by Gasteiger charge is -2.15. The largest absolute Gasteiger partial charge is 0.482 e. The summed E-state index contributed by atoms with van der Waals surface area (Å²) in [6.45, 7) is 3.15. The molecule has 2 N–H and O–H groups in total. The average Bonchev–Trinajstić information content (AvgIpc) is 3.12. The topological polar surface area (TPSA) is 88.5 Å². The highest BCUT2D eigenvalue weighted by atomic mass is 16.5. The molecule has 0 radical (unpaired) electrons. The average molecular weight is 359 g/mol. The predicted octanol–water partition coefficient (Wildman–Crippen LogP) is 1.87. The third-order valence-corrected chi connectivity index (χ3v) is 3.67. The first-order valence-electron chi connectivity index (χ1n) is 8.40. The fourth-order valence-electron chi connectivity index (χ4n) is 2.17. The lowest BCUT2D eigenvalue weighted by Crippen LogP contribution is -2.30. The summed E-state index contributed by atoms with van der Waals surface area (Å²) in [5.41, 5.74) is 1.50. The number of rotatable bonds is 8. The number of carbonyl (C=O) groups excluding carboxylic acids is 2. The number of carbonyl (C=O) groups is 2. The van der Waals surface area contributed by atoms with Crippen molar-refractivity contribution in [2.75, 3.05) is 32.6 Å². The Balaban J connectivity index is 1.84. The molecule has 0 saturated carbocycles. The molecule has 1 aromatic carbocycles. The van der Waals surface area contributed by atoms with Crippen molar-refractivity contribution in [3.8, 4) is 5.75 Å². The van der Waals surface area contributed by atoms with E-state index in [0.29, 0.717) is 18.0 Å². The van der Waals surface area contributed by atoms with Crippen LogP contribution in [0.1, 0.15) is 12.0 Å². The number of aromatic nitrogens is 2. The first-order valence-corrected chi connectivity index (χ1v) is 8.40. The maximum Gasteiger partial charge on any atom is 0.319 e. The van der Waals surface area contributed by atoms with Gasteiger partial charge in [-0.15, -0.1) is 0 Å². The number of likely N-dealkylation sites (N-methyl/N-ethyl adjacent to an activating group) is 1. The SMILES string of the molecule is Cc1ccc(NC(=O)NCCCn2ccnc2)c(OCC(=O)N(C)C)c1. The van der Waals surface area contributed by atoms with Gasteiger partial charge in [-0.05, 0) is 31.0 Å². The molecular weight excluding hydrogens is 334 g/mol. The van der Waals surface area contributed by atoms with E-state index in [1.807, 2.05) is 23.8 Å². The molecule has 0 aliphatic rings. The van der Waals surface area contributed by atoms with E-state index in [2.05, 4.69) is 15.6 Å². The van der Waals surface area contributed by atoms with E-state index in [1.165, 1.54) is 4.90 Å². The van der Waals surface area contributed by atoms with Crippen molar-refractivity contribution in [3.63, 3.8) is 0 Å². The second-order valence-electron chi connectivity index (χ2n) is 6.11. The van der Waals surface area contributed by atoms with Crippen molar-refractivity contribution in [3.05, 3.63) is 42.5 Å². The molecule has 0 saturated heterocycles. The van der Waals surface area contributed by atoms with Gasteiger partial charge in [0.1, 0.15) is 5.75 Å². The van der Waals surface area contributed by atoms with Crippen LogP contribution in [0.3, 0.4) is 0 Å². The van der Waals surface area contributed by atoms with Gasteiger partial charge in [0.15, 0.2) is 6.61 Å². The third-order valence-electron chi connectivity index (χ3n) is 3.67. The minimum absolute atomic E-state index is 0.0857. The second-order valence-corrected chi connectivity index (χ2v) is 6.11. The van der Waals surface area contributed by atoms with Gasteiger partial charge in [0.05, 0.1) is 12.0 Å². The van der Waals surface area contributed by atoms with Crippen LogP contribution in [0.2, 0.25) is 0 Å². The molecule has 1 heterocycles. The summed E-state index contributed by atoms with van der Waals surface area (Å²) >= 11 is 0. The molecule has 8 heteroatoms. The summed E-state index contributed by atoms with van der Waals surface area (Å²) in [5, 5.41) is 5.57. The van der Waals surface area contributed by atoms with Crippen LogP contribution in [0.25, 0.3) is 0 Å². The van der Waals surface area contributed by atoms with Crippen LogP contribution >= 0.6 is 0 Å². The molecule has 3 amide bonds. The Morgan fingerprint density at radius 3 is 2.81 bits per heavy atom. The molecule has 0 bridgehead atoms. The molecule has 2 aromatic rings. The maximum atomic E-state index is 12.1. The van der Waals surface area contributed by atoms with Crippen molar-refractivity contribution in [1.29, 1.82) is 0 Å². The van der Waals surface area contributed by atoms with E-state index in [1.54, 1.807) is 38.8 Å². The van der Waals surface area contributed by atoms with Crippen LogP contribution in [0.4, 0.5) is 10.5 Å². The Morgan fingerprint density at radius 1 is 1.31 bits per heavy atom. The molecule has 8 nitrogen and oxygen atoms in total. The number of ether oxygens (including phenoxy) is 1. The van der Waals surface area contributed by atoms with E-state index >= 15 is 0 Å². The molecule has 1 aromatic heterocycles. The van der Waals surface area contributed by atoms with E-state index in [4.69, 9.17) is 4.74 Å². The highest BCUT2D eigenvalue weighted by Crippen LogP contribution is 2.25. The van der Waals surface area contributed by atoms with Crippen LogP contribution in [-0.4, -0.2) is 53.6 Å². The summed E-state index contributed by atoms with van der Waals surface area (Å²) in [4.78, 5) is 29.2. The van der Waals surface area contributed by atoms with Crippen LogP contribution in [0.5, 0.6) is 5.75 Å². The molecule has 0 aliphatic heterocycles. The van der Waals surface area contributed by atoms with Crippen molar-refractivity contribution in [1.82, 2.24) is 19.8 Å². The number of aryl methyl sites for hydroxylation is 2. The lowest BCUT2D eigenvalue weighted by atomic mass is 10.2. The lowest BCUT2D eigenvalue weighted by molar-refractivity contribution is -0.130. The molecule has 0 unspecified atom stereocenters. The molecule has 0 fully saturated rings. The first kappa shape index (κ1) is 19.3. The molecule has 0 spiro atoms. The van der Waals surface area contributed by atoms with Gasteiger partial charge in [0.25, 0.3) is 5.91 Å². The number of hydrogen-bond donors (Lipinski definition) is 2. The van der Waals surface area contributed by atoms with Gasteiger partial charge in [-0.3, -0.25) is 4.79 Å². The van der Waals surface area contributed by atoms with Crippen LogP contribution in [-0.2, 0) is 11.3 Å². The number of anilines is 1. The summed E-state index contributed by atoms with van der Waals surface area (Å²) in [6.07, 6.45) is 6.13. The number of hydrogen-bond acceptors (Lipinski definition) is 4. The van der Waals surface area contributed by atoms with Crippen LogP contribution in [0, 0.1) is 6.92 Å². The van der Waals surface area contributed by atoms with E-state index in [-0.39, 0.29) is 18.5 Å². The molecule has 26 heavy (non-hydrogen) atoms. The van der Waals surface area contributed by atoms with Crippen LogP contribution < -0.4 is 15.4 Å². The van der Waals surface area contributed by atoms with Gasteiger partial charge in [-0.25, -0.2) is 9.78 Å². The second kappa shape index (κ2) is 9.45. The highest BCUT2D eigenvalue weighted by molar-refractivity contribution is 5.91. The monoisotopic (exact) mass is 359 g/mol. The quantitative estimate of drug-likeness (QED) is 0.704. The number of urea groups is 1. The van der Waals surface area contributed by atoms with Gasteiger partial charge in [-0.1, -0.05) is 6.07 Å². The summed E-state index contributed by atoms with van der Waals surface area (Å²) in [7, 11) is 3.33. The fourth-order valence-corrected chi connectivity index (χ4v) is 2.17. The van der Waals surface area contributed by atoms with E-state index in [9.17, 15) is 9.59 Å². The minimum atomic E-state index is -0.316. The molecule has 140 valence electrons. The van der Waals surface area contributed by atoms with E-state index < -0.39 is 0 Å². The highest BCUT2D eigenvalue weighted by Gasteiger charge is 2.11. The fraction of sp³-hybridized carbons (Fsp3) is 0.389. The summed E-state index contributed by atoms with van der Waals surface area (Å²) < 4.78 is 7.52. The Hall–Kier alpha value is -3.03. The molecular formula is C18H25N5O3. The summed E-state index contributed by atoms with van der Waals surface area (Å²) in [5.74, 6) is 0.315.